The second kappa shape index (κ2) is 16.2. The summed E-state index contributed by atoms with van der Waals surface area (Å²) in [7, 11) is 0. The van der Waals surface area contributed by atoms with Crippen LogP contribution in [0, 0.1) is 6.92 Å². The fraction of sp³-hybridized carbons (Fsp3) is 0.184. The first kappa shape index (κ1) is 47.8. The van der Waals surface area contributed by atoms with E-state index in [-0.39, 0.29) is 17.5 Å². The van der Waals surface area contributed by atoms with Gasteiger partial charge in [0.15, 0.2) is 0 Å². The normalized spacial score (nSPS) is 15.5. The highest BCUT2D eigenvalue weighted by atomic mass is 32.1. The fourth-order valence-electron chi connectivity index (χ4n) is 15.8. The Balaban J connectivity index is 1.04. The Bertz CT molecular complexity index is 4460. The van der Waals surface area contributed by atoms with Crippen LogP contribution in [0.25, 0.3) is 44.5 Å². The van der Waals surface area contributed by atoms with Gasteiger partial charge in [0.1, 0.15) is 0 Å². The third kappa shape index (κ3) is 5.93. The highest BCUT2D eigenvalue weighted by molar-refractivity contribution is 7.37. The molecule has 5 heteroatoms. The SMILES string of the molecule is Cc1cc2c3c(c1)N(c1ccc(C(C)(C)C)cc1)c1c(sc4c1-c1ccc(C(C)C)cc1C41c4ccccc4-c4ccccc41)B3c1sc3c(c1N2c1ccc(C(C)(C)C)cc1)-c1ccccc1C31c2ccccc2-c2ccccc21. The minimum Gasteiger partial charge on any atom is -0.310 e. The van der Waals surface area contributed by atoms with E-state index >= 15 is 0 Å². The molecular weight excluding hydrogens is 1020 g/mol. The molecule has 2 aliphatic heterocycles. The lowest BCUT2D eigenvalue weighted by molar-refractivity contribution is 0.590. The Labute approximate surface area is 485 Å². The summed E-state index contributed by atoms with van der Waals surface area (Å²) in [5, 5.41) is 0. The summed E-state index contributed by atoms with van der Waals surface area (Å²) >= 11 is 4.20. The zero-order chi connectivity index (χ0) is 54.8. The van der Waals surface area contributed by atoms with Crippen molar-refractivity contribution in [3.05, 3.63) is 266 Å². The molecular formula is C76H61BN2S2. The number of hydrogen-bond donors (Lipinski definition) is 0. The number of fused-ring (bicyclic) bond motifs is 26. The third-order valence-corrected chi connectivity index (χ3v) is 22.1. The number of hydrogen-bond acceptors (Lipinski definition) is 4. The average molecular weight is 1080 g/mol. The van der Waals surface area contributed by atoms with Gasteiger partial charge in [0.05, 0.1) is 22.2 Å². The maximum absolute atomic E-state index is 2.72. The van der Waals surface area contributed by atoms with Crippen molar-refractivity contribution in [3.8, 4) is 44.5 Å². The highest BCUT2D eigenvalue weighted by Crippen LogP contribution is 2.70. The Morgan fingerprint density at radius 3 is 1.16 bits per heavy atom. The van der Waals surface area contributed by atoms with Crippen molar-refractivity contribution in [2.75, 3.05) is 9.80 Å². The lowest BCUT2D eigenvalue weighted by Gasteiger charge is -2.43. The van der Waals surface area contributed by atoms with Crippen molar-refractivity contribution in [2.24, 2.45) is 0 Å². The van der Waals surface area contributed by atoms with Gasteiger partial charge in [-0.05, 0) is 155 Å². The Hall–Kier alpha value is -7.96. The van der Waals surface area contributed by atoms with E-state index in [2.05, 4.69) is 295 Å². The molecule has 4 heterocycles. The molecule has 2 aromatic heterocycles. The van der Waals surface area contributed by atoms with Gasteiger partial charge >= 0.3 is 0 Å². The molecule has 9 aromatic carbocycles. The van der Waals surface area contributed by atoms with Crippen LogP contribution in [0.5, 0.6) is 0 Å². The quantitative estimate of drug-likeness (QED) is 0.163. The first-order chi connectivity index (χ1) is 39.2. The van der Waals surface area contributed by atoms with E-state index in [0.717, 1.165) is 0 Å². The fourth-order valence-corrected chi connectivity index (χ4v) is 19.2. The van der Waals surface area contributed by atoms with Crippen LogP contribution in [0.4, 0.5) is 34.1 Å². The number of thiophene rings is 2. The van der Waals surface area contributed by atoms with Crippen molar-refractivity contribution in [3.63, 3.8) is 0 Å². The standard InChI is InChI=1S/C76H61BN2S2/c1-43(2)45-30-39-55-61(42-45)76(58-27-17-12-22-52(58)53-23-13-18-28-59(53)76)70-65(55)68-72(81-70)77-66-62(40-44(3)41-63(66)79(68)49-37-33-47(34-38-49)74(7,8)9)78(48-35-31-46(32-36-48)73(4,5)6)67-64-54-24-14-19-29-60(54)75(69(64)80-71(67)77)56-25-15-10-20-50(56)51-21-11-16-26-57(51)75/h10-43H,1-9H3. The summed E-state index contributed by atoms with van der Waals surface area (Å²) in [5.74, 6) is 0.374. The Kier molecular flexibility index (Phi) is 9.53. The predicted octanol–water partition coefficient (Wildman–Crippen LogP) is 18.6. The molecule has 2 spiro atoms. The molecule has 0 amide bonds. The van der Waals surface area contributed by atoms with Crippen molar-refractivity contribution in [2.45, 2.75) is 89.9 Å². The molecule has 0 N–H and O–H groups in total. The summed E-state index contributed by atoms with van der Waals surface area (Å²) in [6.45, 7) is 21.0. The van der Waals surface area contributed by atoms with Gasteiger partial charge in [-0.1, -0.05) is 219 Å². The Morgan fingerprint density at radius 2 is 0.765 bits per heavy atom. The molecule has 17 rings (SSSR count). The van der Waals surface area contributed by atoms with Crippen LogP contribution in [0.15, 0.2) is 200 Å². The van der Waals surface area contributed by atoms with Crippen LogP contribution >= 0.6 is 22.7 Å². The highest BCUT2D eigenvalue weighted by Gasteiger charge is 2.60. The summed E-state index contributed by atoms with van der Waals surface area (Å²) in [6, 6.07) is 78.6. The summed E-state index contributed by atoms with van der Waals surface area (Å²) in [5.41, 5.74) is 32.4. The zero-order valence-electron chi connectivity index (χ0n) is 47.4. The van der Waals surface area contributed by atoms with Gasteiger partial charge < -0.3 is 9.80 Å². The topological polar surface area (TPSA) is 6.48 Å². The van der Waals surface area contributed by atoms with Gasteiger partial charge in [0.2, 0.25) is 0 Å². The van der Waals surface area contributed by atoms with Crippen LogP contribution in [-0.4, -0.2) is 6.71 Å². The molecule has 0 saturated carbocycles. The smallest absolute Gasteiger partial charge is 0.277 e. The van der Waals surface area contributed by atoms with E-state index in [0.29, 0.717) is 5.92 Å². The minimum atomic E-state index is -0.507. The first-order valence-corrected chi connectivity index (χ1v) is 30.8. The van der Waals surface area contributed by atoms with Gasteiger partial charge in [-0.25, -0.2) is 0 Å². The molecule has 11 aromatic rings. The largest absolute Gasteiger partial charge is 0.310 e. The van der Waals surface area contributed by atoms with Crippen molar-refractivity contribution >= 4 is 78.5 Å². The van der Waals surface area contributed by atoms with Crippen LogP contribution in [0.1, 0.15) is 127 Å². The van der Waals surface area contributed by atoms with Gasteiger partial charge in [0.25, 0.3) is 6.71 Å². The number of nitrogens with zero attached hydrogens (tertiary/aromatic N) is 2. The molecule has 6 aliphatic rings. The molecule has 81 heavy (non-hydrogen) atoms. The summed E-state index contributed by atoms with van der Waals surface area (Å²) in [6.07, 6.45) is 0. The molecule has 0 fully saturated rings. The maximum Gasteiger partial charge on any atom is 0.277 e. The second-order valence-corrected chi connectivity index (χ2v) is 28.2. The van der Waals surface area contributed by atoms with E-state index in [9.17, 15) is 0 Å². The van der Waals surface area contributed by atoms with Crippen LogP contribution in [-0.2, 0) is 21.7 Å². The van der Waals surface area contributed by atoms with Gasteiger partial charge in [-0.2, -0.15) is 0 Å². The molecule has 2 nitrogen and oxygen atoms in total. The third-order valence-electron chi connectivity index (χ3n) is 19.4. The van der Waals surface area contributed by atoms with Crippen molar-refractivity contribution in [1.82, 2.24) is 0 Å². The second-order valence-electron chi connectivity index (χ2n) is 26.1. The lowest BCUT2D eigenvalue weighted by atomic mass is 9.39. The number of rotatable bonds is 3. The summed E-state index contributed by atoms with van der Waals surface area (Å²) in [4.78, 5) is 8.30. The van der Waals surface area contributed by atoms with Crippen LogP contribution in [0.3, 0.4) is 0 Å². The van der Waals surface area contributed by atoms with Crippen LogP contribution in [0.2, 0.25) is 0 Å². The van der Waals surface area contributed by atoms with E-state index in [1.54, 1.807) is 0 Å². The van der Waals surface area contributed by atoms with Crippen molar-refractivity contribution in [1.29, 1.82) is 0 Å². The van der Waals surface area contributed by atoms with Crippen molar-refractivity contribution < 1.29 is 0 Å². The molecule has 0 saturated heterocycles. The van der Waals surface area contributed by atoms with E-state index < -0.39 is 10.8 Å². The maximum atomic E-state index is 2.72. The monoisotopic (exact) mass is 1080 g/mol. The minimum absolute atomic E-state index is 0.000841. The molecule has 0 atom stereocenters. The zero-order valence-corrected chi connectivity index (χ0v) is 49.1. The summed E-state index contributed by atoms with van der Waals surface area (Å²) < 4.78 is 2.85. The first-order valence-electron chi connectivity index (χ1n) is 29.1. The number of anilines is 6. The van der Waals surface area contributed by atoms with Gasteiger partial charge in [-0.3, -0.25) is 0 Å². The molecule has 0 bridgehead atoms. The van der Waals surface area contributed by atoms with Gasteiger partial charge in [0, 0.05) is 53.2 Å². The van der Waals surface area contributed by atoms with Crippen LogP contribution < -0.4 is 24.8 Å². The molecule has 4 aliphatic carbocycles. The van der Waals surface area contributed by atoms with E-state index in [1.807, 2.05) is 0 Å². The number of benzene rings is 9. The van der Waals surface area contributed by atoms with E-state index in [4.69, 9.17) is 0 Å². The number of aryl methyl sites for hydroxylation is 1. The Morgan fingerprint density at radius 1 is 0.407 bits per heavy atom. The molecule has 390 valence electrons. The lowest BCUT2D eigenvalue weighted by Crippen LogP contribution is -2.59. The average Bonchev–Trinajstić information content (AvgIpc) is 1.74. The van der Waals surface area contributed by atoms with E-state index in [1.165, 1.54) is 159 Å². The molecule has 0 radical (unpaired) electrons. The predicted molar refractivity (Wildman–Crippen MR) is 345 cm³/mol. The molecule has 0 unspecified atom stereocenters. The van der Waals surface area contributed by atoms with Gasteiger partial charge in [-0.15, -0.1) is 22.7 Å².